The fourth-order valence-corrected chi connectivity index (χ4v) is 5.41. The lowest BCUT2D eigenvalue weighted by Gasteiger charge is -2.31. The van der Waals surface area contributed by atoms with Gasteiger partial charge in [-0.25, -0.2) is 9.97 Å². The highest BCUT2D eigenvalue weighted by Crippen LogP contribution is 2.38. The van der Waals surface area contributed by atoms with Gasteiger partial charge in [-0.05, 0) is 30.7 Å². The lowest BCUT2D eigenvalue weighted by Crippen LogP contribution is -2.39. The van der Waals surface area contributed by atoms with Gasteiger partial charge in [0.15, 0.2) is 5.82 Å². The van der Waals surface area contributed by atoms with Crippen LogP contribution in [0.2, 0.25) is 0 Å². The Balaban J connectivity index is 1.52. The van der Waals surface area contributed by atoms with Gasteiger partial charge in [-0.1, -0.05) is 30.3 Å². The Kier molecular flexibility index (Phi) is 4.98. The third-order valence-electron chi connectivity index (χ3n) is 5.81. The van der Waals surface area contributed by atoms with Crippen molar-refractivity contribution in [1.29, 1.82) is 0 Å². The van der Waals surface area contributed by atoms with Crippen LogP contribution in [0, 0.1) is 5.92 Å². The minimum absolute atomic E-state index is 0.423. The molecule has 0 spiro atoms. The first-order valence-corrected chi connectivity index (χ1v) is 10.8. The molecule has 146 valence electrons. The molecule has 5 rings (SSSR count). The van der Waals surface area contributed by atoms with Gasteiger partial charge in [0, 0.05) is 36.7 Å². The fraction of sp³-hybridized carbons (Fsp3) is 0.429. The Labute approximate surface area is 168 Å². The smallest absolute Gasteiger partial charge is 0.158 e. The maximum Gasteiger partial charge on any atom is 0.158 e. The van der Waals surface area contributed by atoms with Crippen molar-refractivity contribution in [2.75, 3.05) is 19.0 Å². The van der Waals surface area contributed by atoms with Crippen molar-refractivity contribution >= 4 is 27.4 Å². The van der Waals surface area contributed by atoms with Crippen molar-refractivity contribution in [2.24, 2.45) is 5.92 Å². The van der Waals surface area contributed by atoms with Crippen LogP contribution in [0.15, 0.2) is 35.7 Å². The second-order valence-corrected chi connectivity index (χ2v) is 8.52. The standard InChI is InChI=1S/C21H25N5OS/c1-27-11-18-24-20(23-15-7-8-17-14(9-15)10-22-26-17)19-16(12-28-21(19)25-18)13-5-3-2-4-6-13/h2-6,12,14-15,17,22,26H,7-11H2,1H3,(H,23,24,25). The molecule has 3 N–H and O–H groups in total. The molecule has 2 aromatic heterocycles. The van der Waals surface area contributed by atoms with E-state index in [-0.39, 0.29) is 0 Å². The first-order chi connectivity index (χ1) is 13.8. The van der Waals surface area contributed by atoms with E-state index in [1.165, 1.54) is 17.5 Å². The molecule has 0 amide bonds. The summed E-state index contributed by atoms with van der Waals surface area (Å²) >= 11 is 1.67. The van der Waals surface area contributed by atoms with E-state index in [2.05, 4.69) is 45.8 Å². The average molecular weight is 396 g/mol. The van der Waals surface area contributed by atoms with Gasteiger partial charge in [0.25, 0.3) is 0 Å². The zero-order valence-electron chi connectivity index (χ0n) is 15.9. The van der Waals surface area contributed by atoms with Gasteiger partial charge in [0.1, 0.15) is 17.3 Å². The summed E-state index contributed by atoms with van der Waals surface area (Å²) in [7, 11) is 1.69. The van der Waals surface area contributed by atoms with Crippen LogP contribution in [0.3, 0.4) is 0 Å². The maximum atomic E-state index is 5.31. The van der Waals surface area contributed by atoms with Crippen molar-refractivity contribution in [1.82, 2.24) is 20.8 Å². The number of methoxy groups -OCH3 is 1. The van der Waals surface area contributed by atoms with Gasteiger partial charge in [0.05, 0.1) is 5.39 Å². The number of aromatic nitrogens is 2. The predicted octanol–water partition coefficient (Wildman–Crippen LogP) is 3.56. The number of benzene rings is 1. The molecule has 1 aliphatic carbocycles. The molecule has 1 saturated carbocycles. The summed E-state index contributed by atoms with van der Waals surface area (Å²) < 4.78 is 5.31. The first kappa shape index (κ1) is 18.0. The van der Waals surface area contributed by atoms with Gasteiger partial charge in [0.2, 0.25) is 0 Å². The van der Waals surface area contributed by atoms with Crippen LogP contribution in [0.5, 0.6) is 0 Å². The molecule has 28 heavy (non-hydrogen) atoms. The number of nitrogens with zero attached hydrogens (tertiary/aromatic N) is 2. The molecule has 6 nitrogen and oxygen atoms in total. The molecule has 3 atom stereocenters. The minimum Gasteiger partial charge on any atom is -0.377 e. The normalized spacial score (nSPS) is 24.4. The molecular weight excluding hydrogens is 370 g/mol. The van der Waals surface area contributed by atoms with Crippen LogP contribution >= 0.6 is 11.3 Å². The summed E-state index contributed by atoms with van der Waals surface area (Å²) in [5, 5.41) is 7.09. The lowest BCUT2D eigenvalue weighted by molar-refractivity contribution is 0.178. The molecule has 1 saturated heterocycles. The van der Waals surface area contributed by atoms with Gasteiger partial charge in [-0.3, -0.25) is 10.9 Å². The third kappa shape index (κ3) is 3.39. The highest BCUT2D eigenvalue weighted by Gasteiger charge is 2.34. The number of ether oxygens (including phenoxy) is 1. The summed E-state index contributed by atoms with van der Waals surface area (Å²) in [4.78, 5) is 10.6. The first-order valence-electron chi connectivity index (χ1n) is 9.89. The van der Waals surface area contributed by atoms with Gasteiger partial charge >= 0.3 is 0 Å². The second kappa shape index (κ2) is 7.75. The van der Waals surface area contributed by atoms with Crippen molar-refractivity contribution in [3.8, 4) is 11.1 Å². The third-order valence-corrected chi connectivity index (χ3v) is 6.69. The van der Waals surface area contributed by atoms with Crippen LogP contribution < -0.4 is 16.2 Å². The van der Waals surface area contributed by atoms with Crippen LogP contribution in [-0.2, 0) is 11.3 Å². The zero-order valence-corrected chi connectivity index (χ0v) is 16.8. The number of rotatable bonds is 5. The van der Waals surface area contributed by atoms with E-state index in [9.17, 15) is 0 Å². The zero-order chi connectivity index (χ0) is 18.9. The molecule has 3 aromatic rings. The van der Waals surface area contributed by atoms with Crippen LogP contribution in [0.25, 0.3) is 21.3 Å². The Morgan fingerprint density at radius 2 is 2.11 bits per heavy atom. The SMILES string of the molecule is COCc1nc(NC2CCC3NNCC3C2)c2c(-c3ccccc3)csc2n1. The van der Waals surface area contributed by atoms with Crippen LogP contribution in [0.1, 0.15) is 25.1 Å². The number of hydrogen-bond acceptors (Lipinski definition) is 7. The van der Waals surface area contributed by atoms with E-state index in [0.717, 1.165) is 41.2 Å². The molecule has 1 aromatic carbocycles. The van der Waals surface area contributed by atoms with Crippen LogP contribution in [-0.4, -0.2) is 35.7 Å². The quantitative estimate of drug-likeness (QED) is 0.614. The molecule has 3 heterocycles. The molecule has 0 radical (unpaired) electrons. The molecule has 2 fully saturated rings. The van der Waals surface area contributed by atoms with Crippen molar-refractivity contribution in [2.45, 2.75) is 38.0 Å². The summed E-state index contributed by atoms with van der Waals surface area (Å²) in [5.41, 5.74) is 9.12. The van der Waals surface area contributed by atoms with Crippen LogP contribution in [0.4, 0.5) is 5.82 Å². The molecule has 7 heteroatoms. The summed E-state index contributed by atoms with van der Waals surface area (Å²) in [6, 6.07) is 11.5. The number of hydrogen-bond donors (Lipinski definition) is 3. The number of anilines is 1. The van der Waals surface area contributed by atoms with E-state index >= 15 is 0 Å². The highest BCUT2D eigenvalue weighted by molar-refractivity contribution is 7.17. The largest absolute Gasteiger partial charge is 0.377 e. The second-order valence-electron chi connectivity index (χ2n) is 7.66. The van der Waals surface area contributed by atoms with Crippen molar-refractivity contribution < 1.29 is 4.74 Å². The summed E-state index contributed by atoms with van der Waals surface area (Å²) in [5.74, 6) is 2.36. The Bertz CT molecular complexity index is 960. The molecular formula is C21H25N5OS. The molecule has 3 unspecified atom stereocenters. The topological polar surface area (TPSA) is 71.1 Å². The Hall–Kier alpha value is -2.06. The summed E-state index contributed by atoms with van der Waals surface area (Å²) in [6.45, 7) is 1.47. The van der Waals surface area contributed by atoms with Gasteiger partial charge < -0.3 is 10.1 Å². The minimum atomic E-state index is 0.423. The molecule has 0 bridgehead atoms. The Morgan fingerprint density at radius 3 is 2.96 bits per heavy atom. The highest BCUT2D eigenvalue weighted by atomic mass is 32.1. The Morgan fingerprint density at radius 1 is 1.21 bits per heavy atom. The van der Waals surface area contributed by atoms with E-state index in [4.69, 9.17) is 14.7 Å². The monoisotopic (exact) mass is 395 g/mol. The molecule has 1 aliphatic heterocycles. The average Bonchev–Trinajstić information content (AvgIpc) is 3.35. The molecule has 2 aliphatic rings. The van der Waals surface area contributed by atoms with E-state index in [0.29, 0.717) is 24.6 Å². The summed E-state index contributed by atoms with van der Waals surface area (Å²) in [6.07, 6.45) is 3.48. The number of nitrogens with one attached hydrogen (secondary N) is 3. The van der Waals surface area contributed by atoms with E-state index in [1.807, 2.05) is 6.07 Å². The van der Waals surface area contributed by atoms with E-state index in [1.54, 1.807) is 18.4 Å². The van der Waals surface area contributed by atoms with Crippen molar-refractivity contribution in [3.63, 3.8) is 0 Å². The van der Waals surface area contributed by atoms with Crippen molar-refractivity contribution in [3.05, 3.63) is 41.5 Å². The predicted molar refractivity (Wildman–Crippen MR) is 113 cm³/mol. The lowest BCUT2D eigenvalue weighted by atomic mass is 9.83. The number of hydrazine groups is 1. The van der Waals surface area contributed by atoms with Gasteiger partial charge in [-0.2, -0.15) is 0 Å². The fourth-order valence-electron chi connectivity index (χ4n) is 4.44. The maximum absolute atomic E-state index is 5.31. The van der Waals surface area contributed by atoms with Gasteiger partial charge in [-0.15, -0.1) is 11.3 Å². The number of thiophene rings is 1. The number of fused-ring (bicyclic) bond motifs is 2. The van der Waals surface area contributed by atoms with E-state index < -0.39 is 0 Å².